The van der Waals surface area contributed by atoms with Crippen molar-refractivity contribution >= 4 is 21.6 Å². The first-order valence-corrected chi connectivity index (χ1v) is 12.9. The van der Waals surface area contributed by atoms with Gasteiger partial charge in [-0.3, -0.25) is 9.10 Å². The first-order valence-electron chi connectivity index (χ1n) is 11.5. The molecule has 0 saturated heterocycles. The van der Waals surface area contributed by atoms with Crippen molar-refractivity contribution in [2.45, 2.75) is 24.8 Å². The van der Waals surface area contributed by atoms with E-state index in [1.807, 2.05) is 0 Å². The van der Waals surface area contributed by atoms with Gasteiger partial charge in [0.15, 0.2) is 11.5 Å². The number of sulfonamides is 1. The normalized spacial score (nSPS) is 11.8. The van der Waals surface area contributed by atoms with Crippen LogP contribution in [0.5, 0.6) is 23.0 Å². The van der Waals surface area contributed by atoms with Crippen molar-refractivity contribution in [3.63, 3.8) is 0 Å². The number of methoxy groups -OCH3 is 4. The summed E-state index contributed by atoms with van der Waals surface area (Å²) in [6, 6.07) is 16.3. The van der Waals surface area contributed by atoms with Gasteiger partial charge in [0.1, 0.15) is 22.9 Å². The van der Waals surface area contributed by atoms with E-state index in [4.69, 9.17) is 18.9 Å². The topological polar surface area (TPSA) is 103 Å². The lowest BCUT2D eigenvalue weighted by molar-refractivity contribution is -0.120. The zero-order valence-electron chi connectivity index (χ0n) is 21.8. The molecule has 0 aliphatic rings. The second-order valence-corrected chi connectivity index (χ2v) is 10.1. The summed E-state index contributed by atoms with van der Waals surface area (Å²) in [6.45, 7) is 3.11. The number of amides is 1. The number of benzene rings is 3. The van der Waals surface area contributed by atoms with Gasteiger partial charge in [-0.15, -0.1) is 0 Å². The number of anilines is 1. The maximum Gasteiger partial charge on any atom is 0.268 e. The van der Waals surface area contributed by atoms with E-state index in [0.717, 1.165) is 15.4 Å². The van der Waals surface area contributed by atoms with Gasteiger partial charge in [-0.05, 0) is 61.4 Å². The average molecular weight is 529 g/mol. The van der Waals surface area contributed by atoms with Gasteiger partial charge in [0.05, 0.1) is 40.2 Å². The van der Waals surface area contributed by atoms with Gasteiger partial charge in [0, 0.05) is 6.07 Å². The summed E-state index contributed by atoms with van der Waals surface area (Å²) in [5, 5.41) is 2.87. The van der Waals surface area contributed by atoms with Crippen molar-refractivity contribution in [3.05, 3.63) is 71.8 Å². The molecule has 1 amide bonds. The van der Waals surface area contributed by atoms with Crippen LogP contribution in [-0.2, 0) is 14.8 Å². The number of carbonyl (C=O) groups excluding carboxylic acids is 1. The molecule has 0 fully saturated rings. The van der Waals surface area contributed by atoms with E-state index in [1.54, 1.807) is 75.6 Å². The molecule has 0 aromatic heterocycles. The van der Waals surface area contributed by atoms with Crippen molar-refractivity contribution in [3.8, 4) is 23.0 Å². The Labute approximate surface area is 218 Å². The molecule has 0 saturated carbocycles. The number of hydrogen-bond donors (Lipinski definition) is 1. The van der Waals surface area contributed by atoms with E-state index in [9.17, 15) is 13.2 Å². The molecule has 9 nitrogen and oxygen atoms in total. The van der Waals surface area contributed by atoms with Crippen LogP contribution in [0.3, 0.4) is 0 Å². The van der Waals surface area contributed by atoms with E-state index in [1.165, 1.54) is 27.4 Å². The minimum absolute atomic E-state index is 0.0430. The predicted molar refractivity (Wildman–Crippen MR) is 141 cm³/mol. The highest BCUT2D eigenvalue weighted by Crippen LogP contribution is 2.33. The molecule has 3 aromatic carbocycles. The number of hydrogen-bond acceptors (Lipinski definition) is 7. The molecule has 198 valence electrons. The molecule has 1 N–H and O–H groups in total. The predicted octanol–water partition coefficient (Wildman–Crippen LogP) is 4.10. The molecule has 0 spiro atoms. The van der Waals surface area contributed by atoms with Crippen molar-refractivity contribution in [1.82, 2.24) is 5.32 Å². The monoisotopic (exact) mass is 528 g/mol. The van der Waals surface area contributed by atoms with Crippen LogP contribution < -0.4 is 28.6 Å². The molecule has 0 bridgehead atoms. The summed E-state index contributed by atoms with van der Waals surface area (Å²) in [5.74, 6) is 1.21. The van der Waals surface area contributed by atoms with Gasteiger partial charge in [0.2, 0.25) is 5.91 Å². The summed E-state index contributed by atoms with van der Waals surface area (Å²) in [4.78, 5) is 13.2. The highest BCUT2D eigenvalue weighted by molar-refractivity contribution is 7.93. The van der Waals surface area contributed by atoms with Crippen molar-refractivity contribution < 1.29 is 32.2 Å². The van der Waals surface area contributed by atoms with E-state index in [0.29, 0.717) is 17.2 Å². The highest BCUT2D eigenvalue weighted by atomic mass is 32.2. The Morgan fingerprint density at radius 2 is 1.54 bits per heavy atom. The Morgan fingerprint density at radius 1 is 0.865 bits per heavy atom. The van der Waals surface area contributed by atoms with Crippen molar-refractivity contribution in [1.29, 1.82) is 0 Å². The van der Waals surface area contributed by atoms with Gasteiger partial charge >= 0.3 is 0 Å². The molecule has 1 atom stereocenters. The molecule has 0 heterocycles. The Kier molecular flexibility index (Phi) is 8.88. The summed E-state index contributed by atoms with van der Waals surface area (Å²) in [6.07, 6.45) is 0. The van der Waals surface area contributed by atoms with Gasteiger partial charge in [-0.2, -0.15) is 0 Å². The second kappa shape index (κ2) is 11.9. The van der Waals surface area contributed by atoms with Crippen LogP contribution >= 0.6 is 0 Å². The van der Waals surface area contributed by atoms with E-state index >= 15 is 0 Å². The van der Waals surface area contributed by atoms with E-state index in [-0.39, 0.29) is 16.3 Å². The maximum atomic E-state index is 13.9. The molecular weight excluding hydrogens is 496 g/mol. The third-order valence-electron chi connectivity index (χ3n) is 5.80. The maximum absolute atomic E-state index is 13.9. The molecule has 10 heteroatoms. The number of nitrogens with zero attached hydrogens (tertiary/aromatic N) is 1. The zero-order valence-corrected chi connectivity index (χ0v) is 22.6. The number of rotatable bonds is 11. The SMILES string of the molecule is COc1cccc(N(CC(=O)N[C@@H](C)c2ccc(OC)c(OC)c2)S(=O)(=O)c2cc(C)ccc2OC)c1. The third-order valence-corrected chi connectivity index (χ3v) is 7.60. The molecule has 0 aliphatic carbocycles. The minimum atomic E-state index is -4.20. The summed E-state index contributed by atoms with van der Waals surface area (Å²) in [7, 11) is 1.75. The molecule has 0 aliphatic heterocycles. The first-order chi connectivity index (χ1) is 17.6. The van der Waals surface area contributed by atoms with Crippen LogP contribution in [0.25, 0.3) is 0 Å². The minimum Gasteiger partial charge on any atom is -0.497 e. The quantitative estimate of drug-likeness (QED) is 0.400. The second-order valence-electron chi connectivity index (χ2n) is 8.27. The Balaban J connectivity index is 1.96. The van der Waals surface area contributed by atoms with Crippen LogP contribution in [0.15, 0.2) is 65.6 Å². The number of aryl methyl sites for hydroxylation is 1. The molecular formula is C27H32N2O7S. The van der Waals surface area contributed by atoms with Crippen LogP contribution in [0.1, 0.15) is 24.1 Å². The van der Waals surface area contributed by atoms with Gasteiger partial charge in [-0.1, -0.05) is 18.2 Å². The van der Waals surface area contributed by atoms with Gasteiger partial charge in [0.25, 0.3) is 10.0 Å². The van der Waals surface area contributed by atoms with Crippen molar-refractivity contribution in [2.75, 3.05) is 39.3 Å². The zero-order chi connectivity index (χ0) is 27.2. The van der Waals surface area contributed by atoms with E-state index < -0.39 is 28.5 Å². The van der Waals surface area contributed by atoms with Crippen LogP contribution in [0, 0.1) is 6.92 Å². The van der Waals surface area contributed by atoms with Crippen LogP contribution in [-0.4, -0.2) is 49.3 Å². The Morgan fingerprint density at radius 3 is 2.19 bits per heavy atom. The number of nitrogens with one attached hydrogen (secondary N) is 1. The fourth-order valence-electron chi connectivity index (χ4n) is 3.81. The summed E-state index contributed by atoms with van der Waals surface area (Å²) < 4.78 is 50.1. The number of ether oxygens (including phenoxy) is 4. The van der Waals surface area contributed by atoms with Crippen molar-refractivity contribution in [2.24, 2.45) is 0 Å². The lowest BCUT2D eigenvalue weighted by Gasteiger charge is -2.26. The molecule has 3 aromatic rings. The fourth-order valence-corrected chi connectivity index (χ4v) is 5.46. The molecule has 3 rings (SSSR count). The average Bonchev–Trinajstić information content (AvgIpc) is 2.91. The number of carbonyl (C=O) groups is 1. The first kappa shape index (κ1) is 27.7. The van der Waals surface area contributed by atoms with Crippen LogP contribution in [0.2, 0.25) is 0 Å². The smallest absolute Gasteiger partial charge is 0.268 e. The Hall–Kier alpha value is -3.92. The Bertz CT molecular complexity index is 1360. The van der Waals surface area contributed by atoms with Gasteiger partial charge in [-0.25, -0.2) is 8.42 Å². The summed E-state index contributed by atoms with van der Waals surface area (Å²) >= 11 is 0. The highest BCUT2D eigenvalue weighted by Gasteiger charge is 2.31. The standard InChI is InChI=1S/C27H32N2O7S/c1-18-10-12-24(35-5)26(14-18)37(31,32)29(21-8-7-9-22(16-21)33-3)17-27(30)28-19(2)20-11-13-23(34-4)25(15-20)36-6/h7-16,19H,17H2,1-6H3,(H,28,30)/t19-/m0/s1. The van der Waals surface area contributed by atoms with E-state index in [2.05, 4.69) is 5.32 Å². The fraction of sp³-hybridized carbons (Fsp3) is 0.296. The summed E-state index contributed by atoms with van der Waals surface area (Å²) in [5.41, 5.74) is 1.77. The third kappa shape index (κ3) is 6.26. The molecule has 0 radical (unpaired) electrons. The molecule has 0 unspecified atom stereocenters. The largest absolute Gasteiger partial charge is 0.497 e. The lowest BCUT2D eigenvalue weighted by Crippen LogP contribution is -2.41. The molecule has 37 heavy (non-hydrogen) atoms. The van der Waals surface area contributed by atoms with Gasteiger partial charge < -0.3 is 24.3 Å². The van der Waals surface area contributed by atoms with Crippen LogP contribution in [0.4, 0.5) is 5.69 Å². The lowest BCUT2D eigenvalue weighted by atomic mass is 10.1.